The van der Waals surface area contributed by atoms with Crippen molar-refractivity contribution in [1.29, 1.82) is 0 Å². The monoisotopic (exact) mass is 213 g/mol. The molecule has 0 bridgehead atoms. The second-order valence-corrected chi connectivity index (χ2v) is 3.91. The quantitative estimate of drug-likeness (QED) is 0.514. The van der Waals surface area contributed by atoms with Crippen LogP contribution in [0.5, 0.6) is 0 Å². The first kappa shape index (κ1) is 8.51. The van der Waals surface area contributed by atoms with Gasteiger partial charge in [0, 0.05) is 0 Å². The minimum atomic E-state index is 0.567. The fraction of sp³-hybridized carbons (Fsp3) is 0.222. The van der Waals surface area contributed by atoms with Gasteiger partial charge in [-0.3, -0.25) is 0 Å². The summed E-state index contributed by atoms with van der Waals surface area (Å²) in [6, 6.07) is 8.39. The molecule has 0 saturated heterocycles. The third-order valence-electron chi connectivity index (χ3n) is 1.41. The van der Waals surface area contributed by atoms with E-state index in [0.717, 1.165) is 0 Å². The molecule has 11 heavy (non-hydrogen) atoms. The van der Waals surface area contributed by atoms with Gasteiger partial charge in [-0.05, 0) is 0 Å². The van der Waals surface area contributed by atoms with Crippen LogP contribution in [0, 0.1) is 0 Å². The molecule has 0 saturated carbocycles. The third kappa shape index (κ3) is 2.18. The van der Waals surface area contributed by atoms with Crippen LogP contribution >= 0.6 is 0 Å². The van der Waals surface area contributed by atoms with Gasteiger partial charge in [0.05, 0.1) is 0 Å². The Kier molecular flexibility index (Phi) is 3.34. The van der Waals surface area contributed by atoms with Gasteiger partial charge in [0.15, 0.2) is 0 Å². The molecule has 0 radical (unpaired) electrons. The molecule has 0 atom stereocenters. The topological polar surface area (TPSA) is 12.4 Å². The first-order chi connectivity index (χ1) is 5.38. The summed E-state index contributed by atoms with van der Waals surface area (Å²) in [5, 5.41) is 0. The van der Waals surface area contributed by atoms with Crippen LogP contribution in [0.15, 0.2) is 29.3 Å². The Hall–Kier alpha value is -0.591. The van der Waals surface area contributed by atoms with E-state index in [0.29, 0.717) is 15.0 Å². The zero-order chi connectivity index (χ0) is 8.10. The standard InChI is InChI=1S/C9H11NSe/c1-10-7-8-5-3-4-6-9(8)11-2/h3-7H,1-2H3. The zero-order valence-electron chi connectivity index (χ0n) is 6.74. The molecule has 0 aliphatic carbocycles. The molecular formula is C9H11NSe. The Labute approximate surface area is 73.7 Å². The van der Waals surface area contributed by atoms with Crippen molar-refractivity contribution in [3.8, 4) is 0 Å². The molecule has 58 valence electrons. The van der Waals surface area contributed by atoms with Crippen LogP contribution in [0.4, 0.5) is 0 Å². The summed E-state index contributed by atoms with van der Waals surface area (Å²) in [7, 11) is 1.80. The summed E-state index contributed by atoms with van der Waals surface area (Å²) >= 11 is 0.567. The molecular weight excluding hydrogens is 201 g/mol. The number of benzene rings is 1. The van der Waals surface area contributed by atoms with Crippen molar-refractivity contribution in [3.63, 3.8) is 0 Å². The molecule has 0 aromatic heterocycles. The molecule has 0 spiro atoms. The van der Waals surface area contributed by atoms with E-state index in [9.17, 15) is 0 Å². The van der Waals surface area contributed by atoms with Crippen LogP contribution < -0.4 is 4.46 Å². The number of rotatable bonds is 2. The normalized spacial score (nSPS) is 10.7. The average Bonchev–Trinajstić information content (AvgIpc) is 2.06. The van der Waals surface area contributed by atoms with Gasteiger partial charge in [-0.1, -0.05) is 0 Å². The first-order valence-corrected chi connectivity index (χ1v) is 6.00. The van der Waals surface area contributed by atoms with Gasteiger partial charge in [-0.15, -0.1) is 0 Å². The van der Waals surface area contributed by atoms with E-state index in [1.165, 1.54) is 10.0 Å². The molecule has 1 aromatic carbocycles. The van der Waals surface area contributed by atoms with Gasteiger partial charge >= 0.3 is 73.3 Å². The number of nitrogens with zero attached hydrogens (tertiary/aromatic N) is 1. The summed E-state index contributed by atoms with van der Waals surface area (Å²) < 4.78 is 1.42. The van der Waals surface area contributed by atoms with Gasteiger partial charge in [-0.25, -0.2) is 0 Å². The van der Waals surface area contributed by atoms with E-state index >= 15 is 0 Å². The molecule has 0 unspecified atom stereocenters. The summed E-state index contributed by atoms with van der Waals surface area (Å²) in [5.41, 5.74) is 1.26. The van der Waals surface area contributed by atoms with Crippen molar-refractivity contribution in [2.24, 2.45) is 4.99 Å². The van der Waals surface area contributed by atoms with E-state index in [-0.39, 0.29) is 0 Å². The van der Waals surface area contributed by atoms with Gasteiger partial charge < -0.3 is 0 Å². The molecule has 1 rings (SSSR count). The summed E-state index contributed by atoms with van der Waals surface area (Å²) in [4.78, 5) is 4.00. The van der Waals surface area contributed by atoms with Crippen molar-refractivity contribution in [1.82, 2.24) is 0 Å². The number of hydrogen-bond acceptors (Lipinski definition) is 1. The number of hydrogen-bond donors (Lipinski definition) is 0. The SMILES string of the molecule is CN=Cc1ccccc1[Se]C. The van der Waals surface area contributed by atoms with Crippen LogP contribution in [0.1, 0.15) is 5.56 Å². The minimum absolute atomic E-state index is 0.567. The molecule has 0 aliphatic rings. The van der Waals surface area contributed by atoms with Crippen molar-refractivity contribution in [2.75, 3.05) is 7.05 Å². The van der Waals surface area contributed by atoms with E-state index in [1.807, 2.05) is 12.3 Å². The third-order valence-corrected chi connectivity index (χ3v) is 3.11. The molecule has 0 heterocycles. The van der Waals surface area contributed by atoms with Gasteiger partial charge in [-0.2, -0.15) is 0 Å². The Morgan fingerprint density at radius 1 is 1.36 bits per heavy atom. The molecule has 0 fully saturated rings. The van der Waals surface area contributed by atoms with Crippen LogP contribution in [-0.4, -0.2) is 28.2 Å². The van der Waals surface area contributed by atoms with Crippen molar-refractivity contribution < 1.29 is 0 Å². The molecule has 0 amide bonds. The predicted molar refractivity (Wildman–Crippen MR) is 51.2 cm³/mol. The fourth-order valence-electron chi connectivity index (χ4n) is 0.912. The van der Waals surface area contributed by atoms with Crippen LogP contribution in [0.3, 0.4) is 0 Å². The Bertz CT molecular complexity index is 255. The summed E-state index contributed by atoms with van der Waals surface area (Å²) in [6.07, 6.45) is 1.92. The van der Waals surface area contributed by atoms with E-state index in [2.05, 4.69) is 29.0 Å². The zero-order valence-corrected chi connectivity index (χ0v) is 8.46. The van der Waals surface area contributed by atoms with Crippen LogP contribution in [0.25, 0.3) is 0 Å². The van der Waals surface area contributed by atoms with E-state index in [4.69, 9.17) is 0 Å². The van der Waals surface area contributed by atoms with Crippen molar-refractivity contribution in [2.45, 2.75) is 5.82 Å². The average molecular weight is 212 g/mol. The van der Waals surface area contributed by atoms with Gasteiger partial charge in [0.1, 0.15) is 0 Å². The van der Waals surface area contributed by atoms with E-state index in [1.54, 1.807) is 7.05 Å². The summed E-state index contributed by atoms with van der Waals surface area (Å²) in [5.74, 6) is 2.22. The van der Waals surface area contributed by atoms with Crippen molar-refractivity contribution in [3.05, 3.63) is 29.8 Å². The van der Waals surface area contributed by atoms with Gasteiger partial charge in [0.2, 0.25) is 0 Å². The van der Waals surface area contributed by atoms with Crippen molar-refractivity contribution >= 4 is 25.6 Å². The molecule has 0 aliphatic heterocycles. The summed E-state index contributed by atoms with van der Waals surface area (Å²) in [6.45, 7) is 0. The Morgan fingerprint density at radius 3 is 2.73 bits per heavy atom. The van der Waals surface area contributed by atoms with Gasteiger partial charge in [0.25, 0.3) is 0 Å². The molecule has 1 nitrogen and oxygen atoms in total. The Balaban J connectivity index is 3.02. The second kappa shape index (κ2) is 4.32. The van der Waals surface area contributed by atoms with Crippen LogP contribution in [-0.2, 0) is 0 Å². The molecule has 0 N–H and O–H groups in total. The first-order valence-electron chi connectivity index (χ1n) is 3.43. The molecule has 1 aromatic rings. The maximum absolute atomic E-state index is 4.00. The second-order valence-electron chi connectivity index (χ2n) is 2.13. The van der Waals surface area contributed by atoms with E-state index < -0.39 is 0 Å². The predicted octanol–water partition coefficient (Wildman–Crippen LogP) is 1.11. The fourth-order valence-corrected chi connectivity index (χ4v) is 2.11. The molecule has 2 heteroatoms. The Morgan fingerprint density at radius 2 is 2.09 bits per heavy atom. The maximum atomic E-state index is 4.00. The van der Waals surface area contributed by atoms with Crippen LogP contribution in [0.2, 0.25) is 5.82 Å². The number of aliphatic imine (C=N–C) groups is 1.